The number of nitrogens with zero attached hydrogens (tertiary/aromatic N) is 3. The fourth-order valence-corrected chi connectivity index (χ4v) is 8.85. The third-order valence-corrected chi connectivity index (χ3v) is 12.1. The topological polar surface area (TPSA) is 38.7 Å². The molecule has 0 atom stereocenters. The second kappa shape index (κ2) is 17.6. The van der Waals surface area contributed by atoms with Gasteiger partial charge in [-0.1, -0.05) is 177 Å². The van der Waals surface area contributed by atoms with Crippen LogP contribution in [0.2, 0.25) is 0 Å². The second-order valence-electron chi connectivity index (χ2n) is 16.2. The van der Waals surface area contributed by atoms with Crippen LogP contribution in [0.4, 0.5) is 0 Å². The number of rotatable bonds is 7. The van der Waals surface area contributed by atoms with Gasteiger partial charge in [-0.3, -0.25) is 4.98 Å². The number of hydrogen-bond donors (Lipinski definition) is 0. The van der Waals surface area contributed by atoms with Crippen molar-refractivity contribution in [2.45, 2.75) is 44.9 Å². The van der Waals surface area contributed by atoms with E-state index in [1.165, 1.54) is 76.6 Å². The summed E-state index contributed by atoms with van der Waals surface area (Å²) in [5, 5.41) is 0. The van der Waals surface area contributed by atoms with Crippen molar-refractivity contribution in [3.05, 3.63) is 212 Å². The maximum atomic E-state index is 5.14. The molecule has 294 valence electrons. The number of aryl methyl sites for hydroxylation is 2. The normalized spacial score (nSPS) is 12.8. The summed E-state index contributed by atoms with van der Waals surface area (Å²) in [6, 6.07) is 67.9. The van der Waals surface area contributed by atoms with Crippen LogP contribution >= 0.6 is 0 Å². The third-order valence-electron chi connectivity index (χ3n) is 12.1. The summed E-state index contributed by atoms with van der Waals surface area (Å²) in [5.74, 6) is 0.702. The van der Waals surface area contributed by atoms with Gasteiger partial charge in [0.25, 0.3) is 0 Å². The van der Waals surface area contributed by atoms with E-state index in [9.17, 15) is 0 Å². The zero-order valence-electron chi connectivity index (χ0n) is 34.3. The van der Waals surface area contributed by atoms with E-state index in [4.69, 9.17) is 9.97 Å². The zero-order chi connectivity index (χ0) is 40.8. The van der Waals surface area contributed by atoms with Gasteiger partial charge in [-0.15, -0.1) is 0 Å². The predicted octanol–water partition coefficient (Wildman–Crippen LogP) is 15.3. The zero-order valence-corrected chi connectivity index (χ0v) is 34.3. The monoisotopic (exact) mass is 785 g/mol. The van der Waals surface area contributed by atoms with Crippen molar-refractivity contribution in [3.8, 4) is 89.5 Å². The highest BCUT2D eigenvalue weighted by Gasteiger charge is 2.15. The highest BCUT2D eigenvalue weighted by molar-refractivity contribution is 5.81. The Morgan fingerprint density at radius 3 is 1.46 bits per heavy atom. The van der Waals surface area contributed by atoms with Crippen molar-refractivity contribution in [2.75, 3.05) is 0 Å². The first-order valence-corrected chi connectivity index (χ1v) is 21.7. The molecule has 0 saturated carbocycles. The smallest absolute Gasteiger partial charge is 0.160 e. The molecule has 0 spiro atoms. The summed E-state index contributed by atoms with van der Waals surface area (Å²) in [7, 11) is 0. The van der Waals surface area contributed by atoms with E-state index in [2.05, 4.69) is 169 Å². The average Bonchev–Trinajstić information content (AvgIpc) is 3.38. The number of fused-ring (bicyclic) bond motifs is 3. The van der Waals surface area contributed by atoms with Crippen LogP contribution in [0.15, 0.2) is 200 Å². The van der Waals surface area contributed by atoms with E-state index in [-0.39, 0.29) is 0 Å². The Bertz CT molecular complexity index is 2930. The number of benzene rings is 7. The summed E-state index contributed by atoms with van der Waals surface area (Å²) in [5.41, 5.74) is 20.0. The van der Waals surface area contributed by atoms with Crippen LogP contribution in [0, 0.1) is 0 Å². The lowest BCUT2D eigenvalue weighted by molar-refractivity contribution is 0.616. The molecule has 0 bridgehead atoms. The van der Waals surface area contributed by atoms with E-state index in [1.54, 1.807) is 6.20 Å². The molecule has 0 aliphatic heterocycles. The number of aromatic nitrogens is 3. The minimum Gasteiger partial charge on any atom is -0.264 e. The molecular weight excluding hydrogens is 739 g/mol. The van der Waals surface area contributed by atoms with Crippen LogP contribution in [0.5, 0.6) is 0 Å². The van der Waals surface area contributed by atoms with E-state index >= 15 is 0 Å². The summed E-state index contributed by atoms with van der Waals surface area (Å²) in [6.07, 6.45) is 12.4. The molecule has 0 unspecified atom stereocenters. The fraction of sp³-hybridized carbons (Fsp3) is 0.121. The lowest BCUT2D eigenvalue weighted by Crippen LogP contribution is -1.96. The molecule has 2 aromatic heterocycles. The predicted molar refractivity (Wildman–Crippen MR) is 254 cm³/mol. The lowest BCUT2D eigenvalue weighted by atomic mass is 9.89. The van der Waals surface area contributed by atoms with Crippen LogP contribution in [0.1, 0.15) is 43.2 Å². The summed E-state index contributed by atoms with van der Waals surface area (Å²) >= 11 is 0. The summed E-state index contributed by atoms with van der Waals surface area (Å²) < 4.78 is 0. The molecule has 7 aromatic carbocycles. The van der Waals surface area contributed by atoms with Gasteiger partial charge in [-0.05, 0) is 123 Å². The van der Waals surface area contributed by atoms with Gasteiger partial charge in [0.15, 0.2) is 5.82 Å². The minimum absolute atomic E-state index is 0.702. The van der Waals surface area contributed by atoms with Crippen LogP contribution in [-0.2, 0) is 12.8 Å². The van der Waals surface area contributed by atoms with Gasteiger partial charge in [-0.2, -0.15) is 0 Å². The highest BCUT2D eigenvalue weighted by Crippen LogP contribution is 2.37. The minimum atomic E-state index is 0.702. The Hall–Kier alpha value is -7.23. The fourth-order valence-electron chi connectivity index (χ4n) is 8.85. The van der Waals surface area contributed by atoms with Crippen LogP contribution in [-0.4, -0.2) is 15.0 Å². The molecule has 61 heavy (non-hydrogen) atoms. The van der Waals surface area contributed by atoms with Gasteiger partial charge in [0.2, 0.25) is 0 Å². The van der Waals surface area contributed by atoms with Crippen molar-refractivity contribution < 1.29 is 0 Å². The van der Waals surface area contributed by atoms with Gasteiger partial charge >= 0.3 is 0 Å². The molecule has 9 aromatic rings. The van der Waals surface area contributed by atoms with Crippen molar-refractivity contribution in [1.29, 1.82) is 0 Å². The summed E-state index contributed by atoms with van der Waals surface area (Å²) in [6.45, 7) is 0. The molecule has 1 aliphatic rings. The Kier molecular flexibility index (Phi) is 10.9. The Morgan fingerprint density at radius 1 is 0.295 bits per heavy atom. The summed E-state index contributed by atoms with van der Waals surface area (Å²) in [4.78, 5) is 14.5. The average molecular weight is 786 g/mol. The van der Waals surface area contributed by atoms with Crippen molar-refractivity contribution in [1.82, 2.24) is 15.0 Å². The second-order valence-corrected chi connectivity index (χ2v) is 16.2. The highest BCUT2D eigenvalue weighted by atomic mass is 14.9. The van der Waals surface area contributed by atoms with Gasteiger partial charge in [0.05, 0.1) is 11.4 Å². The van der Waals surface area contributed by atoms with Crippen molar-refractivity contribution >= 4 is 0 Å². The van der Waals surface area contributed by atoms with Gasteiger partial charge < -0.3 is 0 Å². The largest absolute Gasteiger partial charge is 0.264 e. The third kappa shape index (κ3) is 8.46. The number of pyridine rings is 1. The molecule has 3 heteroatoms. The Balaban J connectivity index is 0.966. The van der Waals surface area contributed by atoms with Gasteiger partial charge in [0.1, 0.15) is 0 Å². The van der Waals surface area contributed by atoms with Crippen molar-refractivity contribution in [3.63, 3.8) is 0 Å². The van der Waals surface area contributed by atoms with Crippen LogP contribution in [0.25, 0.3) is 89.5 Å². The molecule has 1 aliphatic carbocycles. The molecule has 0 N–H and O–H groups in total. The standard InChI is InChI=1S/C58H47N3/c1-2-5-15-42-16-9-10-27-54(42)55-33-32-50(37-51(55)19-6-3-1)48-23-12-21-46(36-48)45-20-11-22-47(35-45)49-24-13-25-52(38-49)57-39-56(60-58(61-57)44-17-7-4-8-18-44)43-30-28-41(29-31-43)53-26-14-34-59-40-53/h4,7-14,16-18,20-40H,1-3,5-6,15,19H2. The molecular formula is C58H47N3. The Morgan fingerprint density at radius 2 is 0.787 bits per heavy atom. The van der Waals surface area contributed by atoms with E-state index < -0.39 is 0 Å². The van der Waals surface area contributed by atoms with E-state index in [0.717, 1.165) is 63.2 Å². The first-order chi connectivity index (χ1) is 30.2. The molecule has 0 amide bonds. The van der Waals surface area contributed by atoms with Gasteiger partial charge in [0, 0.05) is 29.1 Å². The number of hydrogen-bond acceptors (Lipinski definition) is 3. The Labute approximate surface area is 359 Å². The quantitative estimate of drug-likeness (QED) is 0.162. The van der Waals surface area contributed by atoms with E-state index in [0.29, 0.717) is 5.82 Å². The molecule has 0 fully saturated rings. The van der Waals surface area contributed by atoms with Gasteiger partial charge in [-0.25, -0.2) is 9.97 Å². The molecule has 0 radical (unpaired) electrons. The van der Waals surface area contributed by atoms with Crippen LogP contribution in [0.3, 0.4) is 0 Å². The first-order valence-electron chi connectivity index (χ1n) is 21.7. The van der Waals surface area contributed by atoms with Crippen molar-refractivity contribution in [2.24, 2.45) is 0 Å². The van der Waals surface area contributed by atoms with Crippen LogP contribution < -0.4 is 0 Å². The molecule has 10 rings (SSSR count). The first kappa shape index (κ1) is 38.0. The lowest BCUT2D eigenvalue weighted by Gasteiger charge is -2.16. The SMILES string of the molecule is c1ccc(-c2nc(-c3ccc(-c4cccnc4)cc3)cc(-c3cccc(-c4cccc(-c5cccc(-c6ccc7c(c6)CCCCCCCc6ccccc6-7)c5)c4)c3)n2)cc1. The maximum absolute atomic E-state index is 5.14. The molecule has 2 heterocycles. The molecule has 3 nitrogen and oxygen atoms in total. The van der Waals surface area contributed by atoms with E-state index in [1.807, 2.05) is 30.5 Å². The maximum Gasteiger partial charge on any atom is 0.160 e. The molecule has 0 saturated heterocycles.